The minimum atomic E-state index is -1.07. The maximum Gasteiger partial charge on any atom is 0.339 e. The quantitative estimate of drug-likeness (QED) is 0.622. The highest BCUT2D eigenvalue weighted by molar-refractivity contribution is 7.15. The number of nitrogens with one attached hydrogen (secondary N) is 1. The van der Waals surface area contributed by atoms with Gasteiger partial charge in [-0.15, -0.1) is 11.3 Å². The van der Waals surface area contributed by atoms with Gasteiger partial charge in [-0.05, 0) is 30.2 Å². The van der Waals surface area contributed by atoms with Crippen molar-refractivity contribution in [1.29, 1.82) is 0 Å². The second-order valence-electron chi connectivity index (χ2n) is 5.83. The summed E-state index contributed by atoms with van der Waals surface area (Å²) in [6, 6.07) is 16.6. The van der Waals surface area contributed by atoms with Gasteiger partial charge in [0.05, 0.1) is 13.0 Å². The van der Waals surface area contributed by atoms with Crippen molar-refractivity contribution in [2.45, 2.75) is 13.3 Å². The van der Waals surface area contributed by atoms with Crippen LogP contribution in [0.25, 0.3) is 11.1 Å². The molecule has 27 heavy (non-hydrogen) atoms. The Morgan fingerprint density at radius 3 is 2.41 bits per heavy atom. The summed E-state index contributed by atoms with van der Waals surface area (Å²) in [5.41, 5.74) is 2.31. The highest BCUT2D eigenvalue weighted by Crippen LogP contribution is 2.36. The van der Waals surface area contributed by atoms with Gasteiger partial charge in [0.25, 0.3) is 0 Å². The molecule has 2 aromatic carbocycles. The number of hydrogen-bond donors (Lipinski definition) is 2. The van der Waals surface area contributed by atoms with Crippen molar-refractivity contribution in [3.8, 4) is 16.9 Å². The van der Waals surface area contributed by atoms with E-state index in [9.17, 15) is 14.7 Å². The zero-order valence-corrected chi connectivity index (χ0v) is 15.6. The van der Waals surface area contributed by atoms with E-state index in [1.54, 1.807) is 17.5 Å². The first kappa shape index (κ1) is 18.7. The number of amides is 1. The van der Waals surface area contributed by atoms with Crippen LogP contribution in [-0.4, -0.2) is 23.6 Å². The molecule has 3 aromatic rings. The summed E-state index contributed by atoms with van der Waals surface area (Å²) in [5, 5.41) is 14.5. The second-order valence-corrected chi connectivity index (χ2v) is 6.71. The Morgan fingerprint density at radius 1 is 1.07 bits per heavy atom. The van der Waals surface area contributed by atoms with Crippen LogP contribution in [0.2, 0.25) is 0 Å². The molecule has 0 aliphatic carbocycles. The van der Waals surface area contributed by atoms with Crippen molar-refractivity contribution in [1.82, 2.24) is 0 Å². The number of carbonyl (C=O) groups excluding carboxylic acids is 1. The molecule has 2 N–H and O–H groups in total. The first-order valence-electron chi connectivity index (χ1n) is 8.50. The third-order valence-corrected chi connectivity index (χ3v) is 4.84. The van der Waals surface area contributed by atoms with Gasteiger partial charge in [-0.2, -0.15) is 0 Å². The molecule has 6 heteroatoms. The highest BCUT2D eigenvalue weighted by Gasteiger charge is 2.21. The van der Waals surface area contributed by atoms with Crippen LogP contribution >= 0.6 is 11.3 Å². The van der Waals surface area contributed by atoms with E-state index < -0.39 is 5.97 Å². The summed E-state index contributed by atoms with van der Waals surface area (Å²) in [6.07, 6.45) is 0.191. The van der Waals surface area contributed by atoms with Crippen molar-refractivity contribution in [3.63, 3.8) is 0 Å². The third kappa shape index (κ3) is 4.54. The maximum absolute atomic E-state index is 12.3. The van der Waals surface area contributed by atoms with Crippen molar-refractivity contribution in [3.05, 3.63) is 71.1 Å². The fraction of sp³-hybridized carbons (Fsp3) is 0.143. The predicted molar refractivity (Wildman–Crippen MR) is 107 cm³/mol. The number of carboxylic acid groups (broad SMARTS) is 1. The molecule has 1 amide bonds. The Bertz CT molecular complexity index is 933. The van der Waals surface area contributed by atoms with Crippen LogP contribution in [0.3, 0.4) is 0 Å². The van der Waals surface area contributed by atoms with E-state index in [0.717, 1.165) is 16.9 Å². The molecule has 0 unspecified atom stereocenters. The topological polar surface area (TPSA) is 75.6 Å². The molecule has 1 aromatic heterocycles. The molecule has 0 spiro atoms. The summed E-state index contributed by atoms with van der Waals surface area (Å²) >= 11 is 1.21. The molecule has 138 valence electrons. The van der Waals surface area contributed by atoms with Gasteiger partial charge < -0.3 is 15.2 Å². The number of rotatable bonds is 7. The molecular weight excluding hydrogens is 362 g/mol. The van der Waals surface area contributed by atoms with Gasteiger partial charge in [-0.25, -0.2) is 4.79 Å². The van der Waals surface area contributed by atoms with E-state index in [0.29, 0.717) is 17.2 Å². The molecule has 1 heterocycles. The summed E-state index contributed by atoms with van der Waals surface area (Å²) < 4.78 is 5.42. The molecule has 0 saturated heterocycles. The molecule has 0 aliphatic rings. The highest BCUT2D eigenvalue weighted by atomic mass is 32.1. The molecular formula is C21H19NO4S. The third-order valence-electron chi connectivity index (χ3n) is 3.94. The maximum atomic E-state index is 12.3. The minimum Gasteiger partial charge on any atom is -0.494 e. The van der Waals surface area contributed by atoms with Gasteiger partial charge in [0.15, 0.2) is 0 Å². The number of aromatic carboxylic acids is 1. The normalized spacial score (nSPS) is 10.4. The van der Waals surface area contributed by atoms with Crippen molar-refractivity contribution in [2.75, 3.05) is 11.9 Å². The number of carboxylic acids is 1. The number of anilines is 1. The van der Waals surface area contributed by atoms with E-state index in [-0.39, 0.29) is 17.9 Å². The molecule has 5 nitrogen and oxygen atoms in total. The van der Waals surface area contributed by atoms with Crippen molar-refractivity contribution >= 4 is 28.2 Å². The average molecular weight is 381 g/mol. The standard InChI is InChI=1S/C21H19NO4S/c1-2-26-16-10-8-15(9-11-16)17-13-27-20(19(17)21(24)25)22-18(23)12-14-6-4-3-5-7-14/h3-11,13H,2,12H2,1H3,(H,22,23)(H,24,25). The molecule has 0 fully saturated rings. The molecule has 0 radical (unpaired) electrons. The van der Waals surface area contributed by atoms with E-state index in [4.69, 9.17) is 4.74 Å². The van der Waals surface area contributed by atoms with E-state index in [1.165, 1.54) is 11.3 Å². The Morgan fingerprint density at radius 2 is 1.78 bits per heavy atom. The Balaban J connectivity index is 1.82. The van der Waals surface area contributed by atoms with Crippen LogP contribution in [-0.2, 0) is 11.2 Å². The lowest BCUT2D eigenvalue weighted by Crippen LogP contribution is -2.15. The molecule has 0 saturated carbocycles. The Kier molecular flexibility index (Phi) is 5.88. The van der Waals surface area contributed by atoms with Gasteiger partial charge in [-0.1, -0.05) is 42.5 Å². The summed E-state index contributed by atoms with van der Waals surface area (Å²) in [7, 11) is 0. The SMILES string of the molecule is CCOc1ccc(-c2csc(NC(=O)Cc3ccccc3)c2C(=O)O)cc1. The molecule has 3 rings (SSSR count). The fourth-order valence-corrected chi connectivity index (χ4v) is 3.70. The van der Waals surface area contributed by atoms with Crippen LogP contribution in [0.15, 0.2) is 60.0 Å². The zero-order chi connectivity index (χ0) is 19.2. The van der Waals surface area contributed by atoms with Crippen molar-refractivity contribution in [2.24, 2.45) is 0 Å². The number of carbonyl (C=O) groups is 2. The van der Waals surface area contributed by atoms with Crippen LogP contribution < -0.4 is 10.1 Å². The molecule has 0 aliphatic heterocycles. The van der Waals surface area contributed by atoms with E-state index in [1.807, 2.05) is 49.4 Å². The van der Waals surface area contributed by atoms with Gasteiger partial charge >= 0.3 is 5.97 Å². The lowest BCUT2D eigenvalue weighted by atomic mass is 10.0. The molecule has 0 atom stereocenters. The summed E-state index contributed by atoms with van der Waals surface area (Å²) in [5.74, 6) is -0.594. The lowest BCUT2D eigenvalue weighted by molar-refractivity contribution is -0.115. The monoisotopic (exact) mass is 381 g/mol. The smallest absolute Gasteiger partial charge is 0.339 e. The zero-order valence-electron chi connectivity index (χ0n) is 14.8. The van der Waals surface area contributed by atoms with Crippen LogP contribution in [0.1, 0.15) is 22.8 Å². The average Bonchev–Trinajstić information content (AvgIpc) is 3.07. The second kappa shape index (κ2) is 8.51. The van der Waals surface area contributed by atoms with Crippen LogP contribution in [0.4, 0.5) is 5.00 Å². The predicted octanol–water partition coefficient (Wildman–Crippen LogP) is 4.69. The first-order chi connectivity index (χ1) is 13.1. The number of hydrogen-bond acceptors (Lipinski definition) is 4. The van der Waals surface area contributed by atoms with E-state index >= 15 is 0 Å². The van der Waals surface area contributed by atoms with Gasteiger partial charge in [-0.3, -0.25) is 4.79 Å². The first-order valence-corrected chi connectivity index (χ1v) is 9.38. The number of benzene rings is 2. The number of ether oxygens (including phenoxy) is 1. The van der Waals surface area contributed by atoms with Crippen LogP contribution in [0, 0.1) is 0 Å². The van der Waals surface area contributed by atoms with Gasteiger partial charge in [0.2, 0.25) is 5.91 Å². The Hall–Kier alpha value is -3.12. The van der Waals surface area contributed by atoms with Crippen LogP contribution in [0.5, 0.6) is 5.75 Å². The Labute approximate surface area is 161 Å². The lowest BCUT2D eigenvalue weighted by Gasteiger charge is -2.07. The number of thiophene rings is 1. The summed E-state index contributed by atoms with van der Waals surface area (Å²) in [6.45, 7) is 2.47. The molecule has 0 bridgehead atoms. The van der Waals surface area contributed by atoms with E-state index in [2.05, 4.69) is 5.32 Å². The summed E-state index contributed by atoms with van der Waals surface area (Å²) in [4.78, 5) is 24.1. The minimum absolute atomic E-state index is 0.102. The van der Waals surface area contributed by atoms with Crippen molar-refractivity contribution < 1.29 is 19.4 Å². The fourth-order valence-electron chi connectivity index (χ4n) is 2.72. The van der Waals surface area contributed by atoms with Gasteiger partial charge in [0, 0.05) is 10.9 Å². The van der Waals surface area contributed by atoms with Gasteiger partial charge in [0.1, 0.15) is 16.3 Å². The largest absolute Gasteiger partial charge is 0.494 e.